The van der Waals surface area contributed by atoms with Crippen molar-refractivity contribution < 1.29 is 4.39 Å². The van der Waals surface area contributed by atoms with E-state index < -0.39 is 0 Å². The monoisotopic (exact) mass is 218 g/mol. The van der Waals surface area contributed by atoms with Crippen LogP contribution in [-0.4, -0.2) is 17.0 Å². The van der Waals surface area contributed by atoms with Crippen LogP contribution in [0.1, 0.15) is 0 Å². The fourth-order valence-electron chi connectivity index (χ4n) is 1.30. The van der Waals surface area contributed by atoms with Gasteiger partial charge in [0.1, 0.15) is 5.82 Å². The van der Waals surface area contributed by atoms with Crippen molar-refractivity contribution in [1.29, 1.82) is 0 Å². The molecule has 0 aliphatic carbocycles. The van der Waals surface area contributed by atoms with E-state index in [1.807, 2.05) is 0 Å². The van der Waals surface area contributed by atoms with Gasteiger partial charge in [0.05, 0.1) is 18.1 Å². The third-order valence-corrected chi connectivity index (χ3v) is 2.15. The average Bonchev–Trinajstić information content (AvgIpc) is 2.29. The second-order valence-corrected chi connectivity index (χ2v) is 3.36. The van der Waals surface area contributed by atoms with Gasteiger partial charge in [0.2, 0.25) is 5.95 Å². The van der Waals surface area contributed by atoms with Crippen molar-refractivity contribution in [2.75, 3.05) is 17.7 Å². The van der Waals surface area contributed by atoms with Gasteiger partial charge in [-0.05, 0) is 18.2 Å². The molecule has 82 valence electrons. The maximum atomic E-state index is 13.0. The lowest BCUT2D eigenvalue weighted by Gasteiger charge is -2.16. The summed E-state index contributed by atoms with van der Waals surface area (Å²) in [5.74, 6) is 0.180. The zero-order valence-electron chi connectivity index (χ0n) is 8.76. The number of hydrogen-bond donors (Lipinski definition) is 1. The first-order valence-electron chi connectivity index (χ1n) is 4.73. The molecule has 0 spiro atoms. The predicted molar refractivity (Wildman–Crippen MR) is 60.9 cm³/mol. The number of nitrogens with two attached hydrogens (primary N) is 1. The highest BCUT2D eigenvalue weighted by Crippen LogP contribution is 2.20. The number of aromatic nitrogens is 2. The fraction of sp³-hybridized carbons (Fsp3) is 0.0909. The van der Waals surface area contributed by atoms with Gasteiger partial charge in [0.25, 0.3) is 0 Å². The molecule has 5 heteroatoms. The Morgan fingerprint density at radius 3 is 2.56 bits per heavy atom. The summed E-state index contributed by atoms with van der Waals surface area (Å²) < 4.78 is 13.0. The second kappa shape index (κ2) is 4.14. The maximum Gasteiger partial charge on any atom is 0.229 e. The van der Waals surface area contributed by atoms with Crippen LogP contribution in [0.25, 0.3) is 0 Å². The van der Waals surface area contributed by atoms with Gasteiger partial charge in [0, 0.05) is 12.7 Å². The Labute approximate surface area is 92.6 Å². The van der Waals surface area contributed by atoms with E-state index in [9.17, 15) is 4.39 Å². The minimum absolute atomic E-state index is 0.292. The van der Waals surface area contributed by atoms with Gasteiger partial charge >= 0.3 is 0 Å². The fourth-order valence-corrected chi connectivity index (χ4v) is 1.30. The highest BCUT2D eigenvalue weighted by molar-refractivity contribution is 5.56. The zero-order valence-corrected chi connectivity index (χ0v) is 8.76. The van der Waals surface area contributed by atoms with Crippen LogP contribution in [0.15, 0.2) is 36.7 Å². The summed E-state index contributed by atoms with van der Waals surface area (Å²) in [4.78, 5) is 9.79. The topological polar surface area (TPSA) is 55.0 Å². The largest absolute Gasteiger partial charge is 0.396 e. The molecule has 16 heavy (non-hydrogen) atoms. The molecule has 1 aromatic heterocycles. The Morgan fingerprint density at radius 2 is 1.94 bits per heavy atom. The van der Waals surface area contributed by atoms with E-state index in [4.69, 9.17) is 5.73 Å². The Morgan fingerprint density at radius 1 is 1.25 bits per heavy atom. The molecule has 0 atom stereocenters. The summed E-state index contributed by atoms with van der Waals surface area (Å²) in [5.41, 5.74) is 6.67. The molecule has 1 aromatic carbocycles. The van der Waals surface area contributed by atoms with Crippen molar-refractivity contribution in [2.45, 2.75) is 0 Å². The lowest BCUT2D eigenvalue weighted by Crippen LogP contribution is -2.13. The van der Waals surface area contributed by atoms with Crippen LogP contribution in [0.4, 0.5) is 21.7 Å². The van der Waals surface area contributed by atoms with Crippen molar-refractivity contribution in [3.63, 3.8) is 0 Å². The third-order valence-electron chi connectivity index (χ3n) is 2.15. The summed E-state index contributed by atoms with van der Waals surface area (Å²) in [6, 6.07) is 6.22. The minimum Gasteiger partial charge on any atom is -0.396 e. The van der Waals surface area contributed by atoms with Crippen molar-refractivity contribution in [1.82, 2.24) is 9.97 Å². The van der Waals surface area contributed by atoms with Crippen LogP contribution in [0, 0.1) is 5.82 Å². The van der Waals surface area contributed by atoms with Crippen molar-refractivity contribution in [3.8, 4) is 0 Å². The number of anilines is 3. The van der Waals surface area contributed by atoms with E-state index in [1.54, 1.807) is 24.1 Å². The molecule has 0 amide bonds. The summed E-state index contributed by atoms with van der Waals surface area (Å²) >= 11 is 0. The summed E-state index contributed by atoms with van der Waals surface area (Å²) in [6.07, 6.45) is 3.02. The predicted octanol–water partition coefficient (Wildman–Crippen LogP) is 1.97. The molecule has 2 N–H and O–H groups in total. The number of benzene rings is 1. The molecule has 0 aliphatic heterocycles. The summed E-state index contributed by atoms with van der Waals surface area (Å²) in [6.45, 7) is 0. The molecule has 0 bridgehead atoms. The molecule has 0 saturated heterocycles. The zero-order chi connectivity index (χ0) is 11.5. The van der Waals surface area contributed by atoms with Gasteiger partial charge in [-0.1, -0.05) is 6.07 Å². The van der Waals surface area contributed by atoms with Crippen LogP contribution in [0.2, 0.25) is 0 Å². The first-order chi connectivity index (χ1) is 7.66. The molecule has 0 radical (unpaired) electrons. The number of nitrogen functional groups attached to an aromatic ring is 1. The van der Waals surface area contributed by atoms with Crippen LogP contribution in [0.5, 0.6) is 0 Å². The highest BCUT2D eigenvalue weighted by Gasteiger charge is 2.06. The lowest BCUT2D eigenvalue weighted by molar-refractivity contribution is 0.628. The molecule has 0 unspecified atom stereocenters. The highest BCUT2D eigenvalue weighted by atomic mass is 19.1. The van der Waals surface area contributed by atoms with E-state index in [2.05, 4.69) is 9.97 Å². The van der Waals surface area contributed by atoms with Gasteiger partial charge in [-0.15, -0.1) is 0 Å². The molecular formula is C11H11FN4. The smallest absolute Gasteiger partial charge is 0.229 e. The van der Waals surface area contributed by atoms with Gasteiger partial charge in [-0.25, -0.2) is 14.4 Å². The SMILES string of the molecule is CN(c1cccc(F)c1)c1ncc(N)cn1. The van der Waals surface area contributed by atoms with Crippen LogP contribution in [-0.2, 0) is 0 Å². The van der Waals surface area contributed by atoms with E-state index in [-0.39, 0.29) is 5.82 Å². The molecule has 1 heterocycles. The Kier molecular flexibility index (Phi) is 2.68. The molecular weight excluding hydrogens is 207 g/mol. The number of rotatable bonds is 2. The third kappa shape index (κ3) is 2.08. The lowest BCUT2D eigenvalue weighted by atomic mass is 10.3. The molecule has 0 fully saturated rings. The van der Waals surface area contributed by atoms with Crippen LogP contribution in [0.3, 0.4) is 0 Å². The average molecular weight is 218 g/mol. The van der Waals surface area contributed by atoms with Crippen molar-refractivity contribution in [3.05, 3.63) is 42.5 Å². The van der Waals surface area contributed by atoms with E-state index in [1.165, 1.54) is 24.5 Å². The number of hydrogen-bond acceptors (Lipinski definition) is 4. The molecule has 0 aliphatic rings. The van der Waals surface area contributed by atoms with E-state index >= 15 is 0 Å². The first kappa shape index (κ1) is 10.4. The van der Waals surface area contributed by atoms with Gasteiger partial charge in [-0.3, -0.25) is 0 Å². The van der Waals surface area contributed by atoms with E-state index in [0.29, 0.717) is 17.3 Å². The Hall–Kier alpha value is -2.17. The maximum absolute atomic E-state index is 13.0. The Bertz CT molecular complexity index is 484. The summed E-state index contributed by atoms with van der Waals surface area (Å²) in [5, 5.41) is 0. The number of halogens is 1. The summed E-state index contributed by atoms with van der Waals surface area (Å²) in [7, 11) is 1.76. The minimum atomic E-state index is -0.292. The molecule has 2 aromatic rings. The quantitative estimate of drug-likeness (QED) is 0.837. The first-order valence-corrected chi connectivity index (χ1v) is 4.73. The van der Waals surface area contributed by atoms with Gasteiger partial charge < -0.3 is 10.6 Å². The van der Waals surface area contributed by atoms with E-state index in [0.717, 1.165) is 0 Å². The van der Waals surface area contributed by atoms with Crippen LogP contribution < -0.4 is 10.6 Å². The van der Waals surface area contributed by atoms with Gasteiger partial charge in [-0.2, -0.15) is 0 Å². The molecule has 4 nitrogen and oxygen atoms in total. The normalized spacial score (nSPS) is 10.1. The molecule has 0 saturated carbocycles. The Balaban J connectivity index is 2.31. The molecule has 2 rings (SSSR count). The van der Waals surface area contributed by atoms with Crippen molar-refractivity contribution >= 4 is 17.3 Å². The number of nitrogens with zero attached hydrogens (tertiary/aromatic N) is 3. The van der Waals surface area contributed by atoms with Crippen molar-refractivity contribution in [2.24, 2.45) is 0 Å². The standard InChI is InChI=1S/C11H11FN4/c1-16(10-4-2-3-8(12)5-10)11-14-6-9(13)7-15-11/h2-7H,13H2,1H3. The van der Waals surface area contributed by atoms with Gasteiger partial charge in [0.15, 0.2) is 0 Å². The second-order valence-electron chi connectivity index (χ2n) is 3.36. The van der Waals surface area contributed by atoms with Crippen LogP contribution >= 0.6 is 0 Å².